The van der Waals surface area contributed by atoms with Crippen molar-refractivity contribution in [1.82, 2.24) is 0 Å². The summed E-state index contributed by atoms with van der Waals surface area (Å²) in [6.45, 7) is 2.06. The van der Waals surface area contributed by atoms with Gasteiger partial charge in [0.25, 0.3) is 0 Å². The zero-order chi connectivity index (χ0) is 13.8. The quantitative estimate of drug-likeness (QED) is 0.506. The van der Waals surface area contributed by atoms with E-state index in [4.69, 9.17) is 0 Å². The minimum absolute atomic E-state index is 0.327. The van der Waals surface area contributed by atoms with Crippen LogP contribution in [0.2, 0.25) is 0 Å². The Balaban J connectivity index is 2.68. The number of benzene rings is 1. The van der Waals surface area contributed by atoms with E-state index >= 15 is 0 Å². The molecular formula is C13H15BrF4. The van der Waals surface area contributed by atoms with Crippen LogP contribution in [0.4, 0.5) is 17.6 Å². The van der Waals surface area contributed by atoms with Crippen molar-refractivity contribution in [2.75, 3.05) is 0 Å². The zero-order valence-corrected chi connectivity index (χ0v) is 11.6. The van der Waals surface area contributed by atoms with E-state index in [1.165, 1.54) is 6.07 Å². The lowest BCUT2D eigenvalue weighted by Crippen LogP contribution is -2.08. The fourth-order valence-electron chi connectivity index (χ4n) is 1.72. The number of hydrogen-bond donors (Lipinski definition) is 0. The summed E-state index contributed by atoms with van der Waals surface area (Å²) in [7, 11) is 0. The Bertz CT molecular complexity index is 387. The van der Waals surface area contributed by atoms with E-state index in [2.05, 4.69) is 22.9 Å². The van der Waals surface area contributed by atoms with Crippen LogP contribution >= 0.6 is 15.9 Å². The standard InChI is InChI=1S/C13H15BrF4/c1-2-3-10(14)6-4-9-5-7-11(12(15)8-9)13(16,17)18/h5,7-8,10H,2-4,6H2,1H3. The zero-order valence-electron chi connectivity index (χ0n) is 10.0. The van der Waals surface area contributed by atoms with E-state index in [1.54, 1.807) is 0 Å². The van der Waals surface area contributed by atoms with E-state index < -0.39 is 17.6 Å². The van der Waals surface area contributed by atoms with E-state index in [1.807, 2.05) is 0 Å². The van der Waals surface area contributed by atoms with Gasteiger partial charge in [0.2, 0.25) is 0 Å². The summed E-state index contributed by atoms with van der Waals surface area (Å²) in [6, 6.07) is 3.14. The topological polar surface area (TPSA) is 0 Å². The minimum atomic E-state index is -4.62. The Labute approximate surface area is 113 Å². The highest BCUT2D eigenvalue weighted by atomic mass is 79.9. The molecular weight excluding hydrogens is 312 g/mol. The molecule has 0 heterocycles. The molecule has 0 fully saturated rings. The first-order chi connectivity index (χ1) is 8.34. The predicted octanol–water partition coefficient (Wildman–Crippen LogP) is 5.34. The van der Waals surface area contributed by atoms with Gasteiger partial charge in [-0.2, -0.15) is 13.2 Å². The van der Waals surface area contributed by atoms with Crippen LogP contribution in [0.5, 0.6) is 0 Å². The van der Waals surface area contributed by atoms with Gasteiger partial charge in [0.15, 0.2) is 0 Å². The lowest BCUT2D eigenvalue weighted by molar-refractivity contribution is -0.140. The SMILES string of the molecule is CCCC(Br)CCc1ccc(C(F)(F)F)c(F)c1. The smallest absolute Gasteiger partial charge is 0.206 e. The van der Waals surface area contributed by atoms with Gasteiger partial charge < -0.3 is 0 Å². The van der Waals surface area contributed by atoms with E-state index in [0.717, 1.165) is 31.4 Å². The van der Waals surface area contributed by atoms with Crippen molar-refractivity contribution < 1.29 is 17.6 Å². The molecule has 1 aromatic carbocycles. The van der Waals surface area contributed by atoms with Crippen LogP contribution in [-0.2, 0) is 12.6 Å². The Morgan fingerprint density at radius 1 is 1.22 bits per heavy atom. The fourth-order valence-corrected chi connectivity index (χ4v) is 2.41. The Hall–Kier alpha value is -0.580. The van der Waals surface area contributed by atoms with Crippen LogP contribution < -0.4 is 0 Å². The maximum Gasteiger partial charge on any atom is 0.419 e. The first kappa shape index (κ1) is 15.5. The van der Waals surface area contributed by atoms with Gasteiger partial charge in [-0.15, -0.1) is 0 Å². The van der Waals surface area contributed by atoms with Crippen LogP contribution in [-0.4, -0.2) is 4.83 Å². The van der Waals surface area contributed by atoms with Gasteiger partial charge in [0.05, 0.1) is 5.56 Å². The largest absolute Gasteiger partial charge is 0.419 e. The maximum absolute atomic E-state index is 13.3. The van der Waals surface area contributed by atoms with Crippen molar-refractivity contribution >= 4 is 15.9 Å². The van der Waals surface area contributed by atoms with E-state index in [9.17, 15) is 17.6 Å². The number of rotatable bonds is 5. The number of hydrogen-bond acceptors (Lipinski definition) is 0. The highest BCUT2D eigenvalue weighted by Crippen LogP contribution is 2.31. The van der Waals surface area contributed by atoms with Gasteiger partial charge in [-0.3, -0.25) is 0 Å². The second-order valence-electron chi connectivity index (χ2n) is 4.24. The van der Waals surface area contributed by atoms with Crippen molar-refractivity contribution in [1.29, 1.82) is 0 Å². The van der Waals surface area contributed by atoms with Gasteiger partial charge in [-0.1, -0.05) is 35.3 Å². The maximum atomic E-state index is 13.3. The van der Waals surface area contributed by atoms with Crippen LogP contribution in [0.15, 0.2) is 18.2 Å². The molecule has 0 saturated carbocycles. The number of alkyl halides is 4. The van der Waals surface area contributed by atoms with Crippen molar-refractivity contribution in [2.45, 2.75) is 43.6 Å². The van der Waals surface area contributed by atoms with Gasteiger partial charge in [-0.05, 0) is 37.0 Å². The van der Waals surface area contributed by atoms with Crippen molar-refractivity contribution in [2.24, 2.45) is 0 Å². The molecule has 0 nitrogen and oxygen atoms in total. The molecule has 0 bridgehead atoms. The molecule has 0 aromatic heterocycles. The molecule has 1 aromatic rings. The second-order valence-corrected chi connectivity index (χ2v) is 5.53. The normalized spacial score (nSPS) is 13.7. The first-order valence-corrected chi connectivity index (χ1v) is 6.76. The van der Waals surface area contributed by atoms with Crippen LogP contribution in [0.25, 0.3) is 0 Å². The van der Waals surface area contributed by atoms with Crippen molar-refractivity contribution in [3.63, 3.8) is 0 Å². The van der Waals surface area contributed by atoms with E-state index in [0.29, 0.717) is 16.8 Å². The fraction of sp³-hybridized carbons (Fsp3) is 0.538. The molecule has 0 N–H and O–H groups in total. The lowest BCUT2D eigenvalue weighted by atomic mass is 10.0. The molecule has 18 heavy (non-hydrogen) atoms. The highest BCUT2D eigenvalue weighted by Gasteiger charge is 2.33. The molecule has 0 spiro atoms. The Morgan fingerprint density at radius 2 is 1.89 bits per heavy atom. The summed E-state index contributed by atoms with van der Waals surface area (Å²) >= 11 is 3.49. The molecule has 0 amide bonds. The average Bonchev–Trinajstić information content (AvgIpc) is 2.25. The summed E-state index contributed by atoms with van der Waals surface area (Å²) in [5.41, 5.74) is -0.601. The van der Waals surface area contributed by atoms with Crippen LogP contribution in [0, 0.1) is 5.82 Å². The third kappa shape index (κ3) is 4.59. The molecule has 0 aliphatic carbocycles. The molecule has 1 rings (SSSR count). The number of halogens is 5. The molecule has 0 radical (unpaired) electrons. The predicted molar refractivity (Wildman–Crippen MR) is 67.3 cm³/mol. The molecule has 1 unspecified atom stereocenters. The Morgan fingerprint density at radius 3 is 2.39 bits per heavy atom. The Kier molecular flexibility index (Phi) is 5.63. The molecule has 102 valence electrons. The molecule has 1 atom stereocenters. The molecule has 0 aliphatic rings. The van der Waals surface area contributed by atoms with E-state index in [-0.39, 0.29) is 0 Å². The van der Waals surface area contributed by atoms with Gasteiger partial charge in [0, 0.05) is 4.83 Å². The second kappa shape index (κ2) is 6.55. The molecule has 0 saturated heterocycles. The van der Waals surface area contributed by atoms with Crippen LogP contribution in [0.1, 0.15) is 37.3 Å². The summed E-state index contributed by atoms with van der Waals surface area (Å²) in [5.74, 6) is -1.19. The van der Waals surface area contributed by atoms with Gasteiger partial charge >= 0.3 is 6.18 Å². The molecule has 5 heteroatoms. The first-order valence-electron chi connectivity index (χ1n) is 5.84. The summed E-state index contributed by atoms with van der Waals surface area (Å²) in [6.07, 6.45) is -1.22. The minimum Gasteiger partial charge on any atom is -0.206 e. The molecule has 0 aliphatic heterocycles. The van der Waals surface area contributed by atoms with Crippen molar-refractivity contribution in [3.8, 4) is 0 Å². The monoisotopic (exact) mass is 326 g/mol. The van der Waals surface area contributed by atoms with Crippen LogP contribution in [0.3, 0.4) is 0 Å². The summed E-state index contributed by atoms with van der Waals surface area (Å²) in [5, 5.41) is 0. The van der Waals surface area contributed by atoms with Crippen molar-refractivity contribution in [3.05, 3.63) is 35.1 Å². The lowest BCUT2D eigenvalue weighted by Gasteiger charge is -2.11. The summed E-state index contributed by atoms with van der Waals surface area (Å²) < 4.78 is 50.3. The highest BCUT2D eigenvalue weighted by molar-refractivity contribution is 9.09. The summed E-state index contributed by atoms with van der Waals surface area (Å²) in [4.78, 5) is 0.327. The van der Waals surface area contributed by atoms with Gasteiger partial charge in [-0.25, -0.2) is 4.39 Å². The van der Waals surface area contributed by atoms with Gasteiger partial charge in [0.1, 0.15) is 5.82 Å². The number of aryl methyl sites for hydroxylation is 1. The average molecular weight is 327 g/mol. The third-order valence-electron chi connectivity index (χ3n) is 2.69. The third-order valence-corrected chi connectivity index (χ3v) is 3.60.